The van der Waals surface area contributed by atoms with Gasteiger partial charge in [0.1, 0.15) is 5.52 Å². The number of hydrogen-bond acceptors (Lipinski definition) is 5. The number of nitrogens with zero attached hydrogens (tertiary/aromatic N) is 1. The van der Waals surface area contributed by atoms with Crippen molar-refractivity contribution >= 4 is 17.1 Å². The van der Waals surface area contributed by atoms with Gasteiger partial charge in [-0.25, -0.2) is 0 Å². The molecular weight excluding hydrogens is 244 g/mol. The van der Waals surface area contributed by atoms with E-state index >= 15 is 0 Å². The molecular formula is C14H18N2O3. The molecule has 1 aliphatic heterocycles. The molecule has 0 saturated carbocycles. The second-order valence-electron chi connectivity index (χ2n) is 5.87. The van der Waals surface area contributed by atoms with Crippen LogP contribution in [0.2, 0.25) is 0 Å². The average Bonchev–Trinajstić information content (AvgIpc) is 2.74. The Morgan fingerprint density at radius 3 is 2.37 bits per heavy atom. The van der Waals surface area contributed by atoms with Crippen LogP contribution in [0.1, 0.15) is 39.5 Å². The lowest BCUT2D eigenvalue weighted by Crippen LogP contribution is -2.41. The highest BCUT2D eigenvalue weighted by atomic mass is 16.7. The lowest BCUT2D eigenvalue weighted by molar-refractivity contribution is -0.0895. The highest BCUT2D eigenvalue weighted by Crippen LogP contribution is 2.45. The maximum Gasteiger partial charge on any atom is 0.292 e. The third-order valence-electron chi connectivity index (χ3n) is 3.95. The Bertz CT molecular complexity index is 615. The highest BCUT2D eigenvalue weighted by Gasteiger charge is 2.49. The van der Waals surface area contributed by atoms with Gasteiger partial charge in [0, 0.05) is 5.56 Å². The third-order valence-corrected chi connectivity index (χ3v) is 3.95. The fourth-order valence-electron chi connectivity index (χ4n) is 2.09. The lowest BCUT2D eigenvalue weighted by Gasteiger charge is -2.30. The molecule has 3 rings (SSSR count). The Kier molecular flexibility index (Phi) is 2.43. The maximum atomic E-state index is 5.99. The van der Waals surface area contributed by atoms with Crippen LogP contribution in [0, 0.1) is 0 Å². The van der Waals surface area contributed by atoms with E-state index in [2.05, 4.69) is 4.98 Å². The molecule has 102 valence electrons. The topological polar surface area (TPSA) is 70.5 Å². The Labute approximate surface area is 111 Å². The molecule has 0 bridgehead atoms. The minimum absolute atomic E-state index is 0.168. The van der Waals surface area contributed by atoms with Crippen molar-refractivity contribution in [3.63, 3.8) is 0 Å². The van der Waals surface area contributed by atoms with Crippen molar-refractivity contribution in [1.29, 1.82) is 0 Å². The Hall–Kier alpha value is -1.59. The van der Waals surface area contributed by atoms with Crippen LogP contribution in [0.4, 0.5) is 6.01 Å². The summed E-state index contributed by atoms with van der Waals surface area (Å²) in [5, 5.41) is 0. The van der Waals surface area contributed by atoms with E-state index in [9.17, 15) is 0 Å². The van der Waals surface area contributed by atoms with Crippen LogP contribution in [0.3, 0.4) is 0 Å². The zero-order valence-corrected chi connectivity index (χ0v) is 11.6. The summed E-state index contributed by atoms with van der Waals surface area (Å²) in [6.45, 7) is 8.11. The van der Waals surface area contributed by atoms with E-state index < -0.39 is 6.29 Å². The average molecular weight is 262 g/mol. The summed E-state index contributed by atoms with van der Waals surface area (Å²) in [7, 11) is 0. The minimum Gasteiger partial charge on any atom is -0.424 e. The van der Waals surface area contributed by atoms with Crippen LogP contribution in [0.25, 0.3) is 11.1 Å². The van der Waals surface area contributed by atoms with E-state index in [0.717, 1.165) is 5.56 Å². The fraction of sp³-hybridized carbons (Fsp3) is 0.500. The van der Waals surface area contributed by atoms with Crippen LogP contribution < -0.4 is 5.73 Å². The summed E-state index contributed by atoms with van der Waals surface area (Å²) in [6.07, 6.45) is -0.396. The van der Waals surface area contributed by atoms with Gasteiger partial charge < -0.3 is 19.6 Å². The zero-order valence-electron chi connectivity index (χ0n) is 11.6. The van der Waals surface area contributed by atoms with Crippen LogP contribution >= 0.6 is 0 Å². The summed E-state index contributed by atoms with van der Waals surface area (Å²) < 4.78 is 17.2. The van der Waals surface area contributed by atoms with E-state index in [1.165, 1.54) is 0 Å². The van der Waals surface area contributed by atoms with Crippen LogP contribution in [0.5, 0.6) is 0 Å². The summed E-state index contributed by atoms with van der Waals surface area (Å²) >= 11 is 0. The van der Waals surface area contributed by atoms with Crippen molar-refractivity contribution in [2.45, 2.75) is 45.2 Å². The Morgan fingerprint density at radius 2 is 1.74 bits per heavy atom. The number of fused-ring (bicyclic) bond motifs is 1. The van der Waals surface area contributed by atoms with Crippen molar-refractivity contribution in [3.8, 4) is 0 Å². The number of oxazole rings is 1. The molecule has 1 aromatic heterocycles. The Balaban J connectivity index is 1.97. The first kappa shape index (κ1) is 12.4. The van der Waals surface area contributed by atoms with Gasteiger partial charge in [-0.15, -0.1) is 0 Å². The molecule has 0 spiro atoms. The van der Waals surface area contributed by atoms with Crippen molar-refractivity contribution in [3.05, 3.63) is 23.8 Å². The first-order valence-electron chi connectivity index (χ1n) is 6.30. The van der Waals surface area contributed by atoms with Crippen molar-refractivity contribution in [2.75, 3.05) is 5.73 Å². The predicted octanol–water partition coefficient (Wildman–Crippen LogP) is 3.01. The number of nitrogens with two attached hydrogens (primary N) is 1. The molecule has 19 heavy (non-hydrogen) atoms. The lowest BCUT2D eigenvalue weighted by atomic mass is 9.90. The van der Waals surface area contributed by atoms with Gasteiger partial charge in [-0.05, 0) is 39.8 Å². The van der Waals surface area contributed by atoms with Gasteiger partial charge in [0.15, 0.2) is 11.9 Å². The molecule has 2 aromatic rings. The van der Waals surface area contributed by atoms with Gasteiger partial charge in [-0.1, -0.05) is 6.07 Å². The van der Waals surface area contributed by atoms with Gasteiger partial charge in [0.05, 0.1) is 11.2 Å². The van der Waals surface area contributed by atoms with E-state index in [-0.39, 0.29) is 17.2 Å². The molecule has 1 aromatic carbocycles. The predicted molar refractivity (Wildman–Crippen MR) is 71.5 cm³/mol. The fourth-order valence-corrected chi connectivity index (χ4v) is 2.09. The van der Waals surface area contributed by atoms with Gasteiger partial charge in [0.2, 0.25) is 0 Å². The smallest absolute Gasteiger partial charge is 0.292 e. The van der Waals surface area contributed by atoms with Crippen molar-refractivity contribution in [1.82, 2.24) is 4.98 Å². The van der Waals surface area contributed by atoms with Gasteiger partial charge in [-0.3, -0.25) is 0 Å². The monoisotopic (exact) mass is 262 g/mol. The molecule has 0 aliphatic carbocycles. The van der Waals surface area contributed by atoms with E-state index in [0.29, 0.717) is 11.1 Å². The van der Waals surface area contributed by atoms with E-state index in [4.69, 9.17) is 19.6 Å². The van der Waals surface area contributed by atoms with E-state index in [1.54, 1.807) is 0 Å². The third kappa shape index (κ3) is 1.89. The zero-order chi connectivity index (χ0) is 13.8. The number of rotatable bonds is 1. The molecule has 0 atom stereocenters. The highest BCUT2D eigenvalue weighted by molar-refractivity contribution is 5.75. The normalized spacial score (nSPS) is 22.1. The first-order chi connectivity index (χ1) is 8.78. The standard InChI is InChI=1S/C14H18N2O3/c1-13(2)14(3,4)19-11(18-13)8-5-6-10-9(7-8)16-12(15)17-10/h5-7,11H,1-4H3,(H2,15,16). The van der Waals surface area contributed by atoms with Crippen LogP contribution in [0.15, 0.2) is 22.6 Å². The molecule has 2 heterocycles. The number of hydrogen-bond donors (Lipinski definition) is 1. The summed E-state index contributed by atoms with van der Waals surface area (Å²) in [5.41, 5.74) is 7.13. The SMILES string of the molecule is CC1(C)OC(c2ccc3oc(N)nc3c2)OC1(C)C. The second-order valence-corrected chi connectivity index (χ2v) is 5.87. The number of benzene rings is 1. The quantitative estimate of drug-likeness (QED) is 0.855. The number of anilines is 1. The van der Waals surface area contributed by atoms with Gasteiger partial charge >= 0.3 is 0 Å². The minimum atomic E-state index is -0.396. The number of ether oxygens (including phenoxy) is 2. The molecule has 1 fully saturated rings. The Morgan fingerprint density at radius 1 is 1.11 bits per heavy atom. The van der Waals surface area contributed by atoms with E-state index in [1.807, 2.05) is 45.9 Å². The summed E-state index contributed by atoms with van der Waals surface area (Å²) in [4.78, 5) is 4.12. The molecule has 0 unspecified atom stereocenters. The largest absolute Gasteiger partial charge is 0.424 e. The molecule has 5 heteroatoms. The summed E-state index contributed by atoms with van der Waals surface area (Å²) in [6, 6.07) is 5.80. The molecule has 0 amide bonds. The van der Waals surface area contributed by atoms with Crippen LogP contribution in [-0.2, 0) is 9.47 Å². The maximum absolute atomic E-state index is 5.99. The number of aromatic nitrogens is 1. The van der Waals surface area contributed by atoms with Gasteiger partial charge in [-0.2, -0.15) is 4.98 Å². The van der Waals surface area contributed by atoms with Crippen LogP contribution in [-0.4, -0.2) is 16.2 Å². The summed E-state index contributed by atoms with van der Waals surface area (Å²) in [5.74, 6) is 0. The molecule has 1 aliphatic rings. The second kappa shape index (κ2) is 3.71. The number of nitrogen functional groups attached to an aromatic ring is 1. The first-order valence-corrected chi connectivity index (χ1v) is 6.30. The van der Waals surface area contributed by atoms with Crippen molar-refractivity contribution in [2.24, 2.45) is 0 Å². The molecule has 2 N–H and O–H groups in total. The molecule has 0 radical (unpaired) electrons. The molecule has 5 nitrogen and oxygen atoms in total. The van der Waals surface area contributed by atoms with Crippen molar-refractivity contribution < 1.29 is 13.9 Å². The van der Waals surface area contributed by atoms with Gasteiger partial charge in [0.25, 0.3) is 6.01 Å². The molecule has 1 saturated heterocycles.